The number of hydrogen-bond acceptors (Lipinski definition) is 6. The molecular formula is C29H35N3O5. The van der Waals surface area contributed by atoms with Gasteiger partial charge in [-0.15, -0.1) is 0 Å². The number of ether oxygens (including phenoxy) is 3. The molecule has 8 nitrogen and oxygen atoms in total. The third kappa shape index (κ3) is 6.48. The fraction of sp³-hybridized carbons (Fsp3) is 0.483. The minimum atomic E-state index is -0.252. The van der Waals surface area contributed by atoms with Crippen LogP contribution in [0.25, 0.3) is 0 Å². The Bertz CT molecular complexity index is 1130. The van der Waals surface area contributed by atoms with E-state index in [1.165, 1.54) is 0 Å². The summed E-state index contributed by atoms with van der Waals surface area (Å²) in [5, 5.41) is 9.43. The van der Waals surface area contributed by atoms with Crippen LogP contribution in [-0.2, 0) is 14.3 Å². The summed E-state index contributed by atoms with van der Waals surface area (Å²) in [6.45, 7) is 1.14. The third-order valence-corrected chi connectivity index (χ3v) is 7.31. The van der Waals surface area contributed by atoms with E-state index in [2.05, 4.69) is 6.07 Å². The Labute approximate surface area is 218 Å². The molecule has 0 aliphatic carbocycles. The van der Waals surface area contributed by atoms with Crippen molar-refractivity contribution in [2.45, 2.75) is 49.9 Å². The van der Waals surface area contributed by atoms with Crippen molar-refractivity contribution >= 4 is 11.8 Å². The van der Waals surface area contributed by atoms with E-state index in [4.69, 9.17) is 14.2 Å². The average molecular weight is 506 g/mol. The van der Waals surface area contributed by atoms with E-state index in [0.717, 1.165) is 18.4 Å². The molecule has 4 rings (SSSR count). The minimum Gasteiger partial charge on any atom is -0.493 e. The molecule has 0 spiro atoms. The first-order chi connectivity index (χ1) is 17.9. The van der Waals surface area contributed by atoms with Gasteiger partial charge in [-0.3, -0.25) is 9.59 Å². The quantitative estimate of drug-likeness (QED) is 0.619. The highest BCUT2D eigenvalue weighted by Gasteiger charge is 2.34. The Morgan fingerprint density at radius 3 is 2.51 bits per heavy atom. The first kappa shape index (κ1) is 26.6. The summed E-state index contributed by atoms with van der Waals surface area (Å²) < 4.78 is 18.1. The largest absolute Gasteiger partial charge is 0.493 e. The molecule has 1 fully saturated rings. The smallest absolute Gasteiger partial charge is 0.257 e. The van der Waals surface area contributed by atoms with Crippen LogP contribution in [0.3, 0.4) is 0 Å². The number of amides is 2. The van der Waals surface area contributed by atoms with Crippen molar-refractivity contribution in [3.8, 4) is 11.8 Å². The number of likely N-dealkylation sites (N-methyl/N-ethyl adjacent to an activating group) is 2. The molecule has 2 aliphatic rings. The molecule has 0 N–H and O–H groups in total. The molecule has 2 aliphatic heterocycles. The van der Waals surface area contributed by atoms with Gasteiger partial charge in [-0.25, -0.2) is 0 Å². The van der Waals surface area contributed by atoms with E-state index in [9.17, 15) is 14.9 Å². The Morgan fingerprint density at radius 1 is 1.00 bits per heavy atom. The van der Waals surface area contributed by atoms with Crippen LogP contribution in [0.2, 0.25) is 0 Å². The van der Waals surface area contributed by atoms with E-state index < -0.39 is 0 Å². The van der Waals surface area contributed by atoms with Crippen molar-refractivity contribution in [1.29, 1.82) is 5.26 Å². The molecule has 196 valence electrons. The fourth-order valence-electron chi connectivity index (χ4n) is 5.14. The van der Waals surface area contributed by atoms with Gasteiger partial charge in [-0.2, -0.15) is 5.26 Å². The lowest BCUT2D eigenvalue weighted by Crippen LogP contribution is -2.48. The molecule has 0 radical (unpaired) electrons. The standard InChI is InChI=1S/C29H35N3O5/c1-31-19-27-26(35-3)12-10-23(37-27)13-14-36-25-11-9-20(17-30)15-24(25)29(34)32(2)18-22(16-28(31)33)21-7-5-4-6-8-21/h4-9,11,15,22-23,26-27H,10,12-14,16,18-19H2,1-3H3/t22-,23+,26+,27+/m0/s1. The zero-order valence-electron chi connectivity index (χ0n) is 21.8. The van der Waals surface area contributed by atoms with Gasteiger partial charge in [0.25, 0.3) is 5.91 Å². The molecule has 4 atom stereocenters. The molecule has 37 heavy (non-hydrogen) atoms. The lowest BCUT2D eigenvalue weighted by molar-refractivity contribution is -0.150. The topological polar surface area (TPSA) is 92.1 Å². The molecule has 2 aromatic rings. The third-order valence-electron chi connectivity index (χ3n) is 7.31. The predicted molar refractivity (Wildman–Crippen MR) is 138 cm³/mol. The molecule has 2 heterocycles. The highest BCUT2D eigenvalue weighted by molar-refractivity contribution is 5.97. The van der Waals surface area contributed by atoms with Crippen molar-refractivity contribution in [1.82, 2.24) is 9.80 Å². The van der Waals surface area contributed by atoms with Gasteiger partial charge in [0.1, 0.15) is 11.9 Å². The monoisotopic (exact) mass is 505 g/mol. The summed E-state index contributed by atoms with van der Waals surface area (Å²) in [4.78, 5) is 30.3. The van der Waals surface area contributed by atoms with E-state index in [1.807, 2.05) is 30.3 Å². The molecular weight excluding hydrogens is 470 g/mol. The average Bonchev–Trinajstić information content (AvgIpc) is 2.92. The van der Waals surface area contributed by atoms with Crippen LogP contribution in [0.1, 0.15) is 53.1 Å². The van der Waals surface area contributed by atoms with Gasteiger partial charge in [0, 0.05) is 53.1 Å². The van der Waals surface area contributed by atoms with Gasteiger partial charge in [-0.05, 0) is 36.6 Å². The Morgan fingerprint density at radius 2 is 1.78 bits per heavy atom. The molecule has 0 aromatic heterocycles. The Hall–Kier alpha value is -3.41. The molecule has 0 unspecified atom stereocenters. The van der Waals surface area contributed by atoms with Crippen molar-refractivity contribution in [2.24, 2.45) is 0 Å². The number of nitrogens with zero attached hydrogens (tertiary/aromatic N) is 3. The maximum atomic E-state index is 13.6. The van der Waals surface area contributed by atoms with Gasteiger partial charge in [0.05, 0.1) is 36.0 Å². The van der Waals surface area contributed by atoms with Crippen LogP contribution < -0.4 is 4.74 Å². The predicted octanol–water partition coefficient (Wildman–Crippen LogP) is 3.61. The lowest BCUT2D eigenvalue weighted by Gasteiger charge is -2.38. The first-order valence-electron chi connectivity index (χ1n) is 12.8. The number of methoxy groups -OCH3 is 1. The fourth-order valence-corrected chi connectivity index (χ4v) is 5.14. The van der Waals surface area contributed by atoms with Crippen molar-refractivity contribution in [2.75, 3.05) is 40.9 Å². The summed E-state index contributed by atoms with van der Waals surface area (Å²) in [6, 6.07) is 16.8. The highest BCUT2D eigenvalue weighted by atomic mass is 16.5. The van der Waals surface area contributed by atoms with E-state index in [-0.39, 0.29) is 42.5 Å². The van der Waals surface area contributed by atoms with E-state index in [0.29, 0.717) is 43.0 Å². The Kier molecular flexibility index (Phi) is 8.80. The summed E-state index contributed by atoms with van der Waals surface area (Å²) in [5.41, 5.74) is 1.71. The maximum Gasteiger partial charge on any atom is 0.257 e. The maximum absolute atomic E-state index is 13.6. The molecule has 2 amide bonds. The van der Waals surface area contributed by atoms with Crippen LogP contribution in [0.5, 0.6) is 5.75 Å². The molecule has 0 saturated carbocycles. The van der Waals surface area contributed by atoms with Crippen LogP contribution in [0.15, 0.2) is 48.5 Å². The summed E-state index contributed by atoms with van der Waals surface area (Å²) in [7, 11) is 5.20. The normalized spacial score (nSPS) is 25.7. The summed E-state index contributed by atoms with van der Waals surface area (Å²) in [5.74, 6) is -0.0346. The van der Waals surface area contributed by atoms with Crippen molar-refractivity contribution in [3.05, 3.63) is 65.2 Å². The number of carbonyl (C=O) groups is 2. The second-order valence-corrected chi connectivity index (χ2v) is 9.88. The molecule has 2 bridgehead atoms. The minimum absolute atomic E-state index is 0.0159. The summed E-state index contributed by atoms with van der Waals surface area (Å²) >= 11 is 0. The lowest BCUT2D eigenvalue weighted by atomic mass is 9.93. The summed E-state index contributed by atoms with van der Waals surface area (Å²) in [6.07, 6.45) is 2.21. The van der Waals surface area contributed by atoms with Crippen LogP contribution >= 0.6 is 0 Å². The molecule has 8 heteroatoms. The van der Waals surface area contributed by atoms with E-state index >= 15 is 0 Å². The number of carbonyl (C=O) groups excluding carboxylic acids is 2. The SMILES string of the molecule is CO[C@@H]1CC[C@@H]2CCOc3ccc(C#N)cc3C(=O)N(C)C[C@@H](c3ccccc3)CC(=O)N(C)C[C@H]1O2. The van der Waals surface area contributed by atoms with E-state index in [1.54, 1.807) is 49.2 Å². The van der Waals surface area contributed by atoms with Gasteiger partial charge < -0.3 is 24.0 Å². The molecule has 2 aromatic carbocycles. The second kappa shape index (κ2) is 12.2. The van der Waals surface area contributed by atoms with Gasteiger partial charge in [-0.1, -0.05) is 30.3 Å². The second-order valence-electron chi connectivity index (χ2n) is 9.88. The number of fused-ring (bicyclic) bond motifs is 3. The number of rotatable bonds is 2. The first-order valence-corrected chi connectivity index (χ1v) is 12.8. The van der Waals surface area contributed by atoms with Crippen LogP contribution in [0.4, 0.5) is 0 Å². The van der Waals surface area contributed by atoms with Gasteiger partial charge >= 0.3 is 0 Å². The van der Waals surface area contributed by atoms with Gasteiger partial charge in [0.15, 0.2) is 0 Å². The van der Waals surface area contributed by atoms with Gasteiger partial charge in [0.2, 0.25) is 5.91 Å². The van der Waals surface area contributed by atoms with Crippen LogP contribution in [-0.4, -0.2) is 80.8 Å². The zero-order valence-corrected chi connectivity index (χ0v) is 21.8. The van der Waals surface area contributed by atoms with Crippen LogP contribution in [0, 0.1) is 11.3 Å². The van der Waals surface area contributed by atoms with Crippen molar-refractivity contribution in [3.63, 3.8) is 0 Å². The number of benzene rings is 2. The zero-order chi connectivity index (χ0) is 26.4. The highest BCUT2D eigenvalue weighted by Crippen LogP contribution is 2.29. The number of hydrogen-bond donors (Lipinski definition) is 0. The van der Waals surface area contributed by atoms with Crippen molar-refractivity contribution < 1.29 is 23.8 Å². The molecule has 1 saturated heterocycles. The Balaban J connectivity index is 1.68. The number of nitriles is 1.